The Labute approximate surface area is 116 Å². The first-order valence-electron chi connectivity index (χ1n) is 6.05. The molecule has 4 heteroatoms. The highest BCUT2D eigenvalue weighted by molar-refractivity contribution is 6.31. The van der Waals surface area contributed by atoms with Crippen LogP contribution < -0.4 is 5.32 Å². The van der Waals surface area contributed by atoms with Crippen molar-refractivity contribution in [3.8, 4) is 0 Å². The summed E-state index contributed by atoms with van der Waals surface area (Å²) in [6.07, 6.45) is 0.785. The number of rotatable bonds is 5. The van der Waals surface area contributed by atoms with E-state index < -0.39 is 5.82 Å². The minimum absolute atomic E-state index is 0.164. The van der Waals surface area contributed by atoms with Crippen LogP contribution in [0.4, 0.5) is 8.78 Å². The van der Waals surface area contributed by atoms with Crippen LogP contribution >= 0.6 is 11.6 Å². The number of benzene rings is 2. The van der Waals surface area contributed by atoms with Gasteiger partial charge >= 0.3 is 0 Å². The lowest BCUT2D eigenvalue weighted by Gasteiger charge is -2.07. The van der Waals surface area contributed by atoms with Crippen LogP contribution in [0, 0.1) is 11.6 Å². The third kappa shape index (κ3) is 4.01. The van der Waals surface area contributed by atoms with Crippen molar-refractivity contribution >= 4 is 11.6 Å². The van der Waals surface area contributed by atoms with Gasteiger partial charge in [-0.05, 0) is 42.3 Å². The second-order valence-corrected chi connectivity index (χ2v) is 4.64. The van der Waals surface area contributed by atoms with E-state index in [2.05, 4.69) is 5.32 Å². The van der Waals surface area contributed by atoms with Crippen LogP contribution in [0.2, 0.25) is 5.02 Å². The molecule has 0 radical (unpaired) electrons. The van der Waals surface area contributed by atoms with E-state index in [9.17, 15) is 8.78 Å². The number of nitrogens with one attached hydrogen (secondary N) is 1. The topological polar surface area (TPSA) is 12.0 Å². The van der Waals surface area contributed by atoms with E-state index >= 15 is 0 Å². The standard InChI is InChI=1S/C15H14ClF2N/c16-15-12(2-1-3-14(15)18)10-19-9-8-11-4-6-13(17)7-5-11/h1-7,19H,8-10H2. The molecule has 0 saturated heterocycles. The average molecular weight is 282 g/mol. The van der Waals surface area contributed by atoms with Crippen LogP contribution in [-0.2, 0) is 13.0 Å². The van der Waals surface area contributed by atoms with Gasteiger partial charge in [-0.25, -0.2) is 8.78 Å². The highest BCUT2D eigenvalue weighted by Gasteiger charge is 2.04. The van der Waals surface area contributed by atoms with Crippen molar-refractivity contribution in [2.75, 3.05) is 6.54 Å². The molecule has 19 heavy (non-hydrogen) atoms. The van der Waals surface area contributed by atoms with E-state index in [1.54, 1.807) is 24.3 Å². The zero-order valence-electron chi connectivity index (χ0n) is 10.3. The first-order valence-corrected chi connectivity index (χ1v) is 6.42. The number of halogens is 3. The molecule has 2 aromatic carbocycles. The van der Waals surface area contributed by atoms with Crippen LogP contribution in [0.5, 0.6) is 0 Å². The van der Waals surface area contributed by atoms with Gasteiger partial charge < -0.3 is 5.32 Å². The normalized spacial score (nSPS) is 10.7. The van der Waals surface area contributed by atoms with Gasteiger partial charge in [0.15, 0.2) is 0 Å². The molecule has 1 nitrogen and oxygen atoms in total. The summed E-state index contributed by atoms with van der Waals surface area (Å²) in [6, 6.07) is 11.2. The summed E-state index contributed by atoms with van der Waals surface area (Å²) in [5.74, 6) is -0.636. The molecule has 0 heterocycles. The maximum atomic E-state index is 13.2. The Morgan fingerprint density at radius 3 is 2.47 bits per heavy atom. The van der Waals surface area contributed by atoms with Crippen molar-refractivity contribution in [3.63, 3.8) is 0 Å². The van der Waals surface area contributed by atoms with Gasteiger partial charge in [-0.2, -0.15) is 0 Å². The Bertz CT molecular complexity index is 540. The lowest BCUT2D eigenvalue weighted by molar-refractivity contribution is 0.620. The van der Waals surface area contributed by atoms with Gasteiger partial charge in [0.1, 0.15) is 11.6 Å². The van der Waals surface area contributed by atoms with Crippen molar-refractivity contribution in [2.24, 2.45) is 0 Å². The van der Waals surface area contributed by atoms with Crippen molar-refractivity contribution < 1.29 is 8.78 Å². The zero-order chi connectivity index (χ0) is 13.7. The van der Waals surface area contributed by atoms with Crippen molar-refractivity contribution in [3.05, 3.63) is 70.2 Å². The quantitative estimate of drug-likeness (QED) is 0.818. The van der Waals surface area contributed by atoms with Crippen molar-refractivity contribution in [1.82, 2.24) is 5.32 Å². The Morgan fingerprint density at radius 2 is 1.74 bits per heavy atom. The molecular weight excluding hydrogens is 268 g/mol. The van der Waals surface area contributed by atoms with Crippen LogP contribution in [0.15, 0.2) is 42.5 Å². The smallest absolute Gasteiger partial charge is 0.142 e. The van der Waals surface area contributed by atoms with E-state index in [1.807, 2.05) is 0 Å². The third-order valence-corrected chi connectivity index (χ3v) is 3.27. The molecule has 2 rings (SSSR count). The summed E-state index contributed by atoms with van der Waals surface area (Å²) in [6.45, 7) is 1.23. The molecule has 0 atom stereocenters. The van der Waals surface area contributed by atoms with Gasteiger partial charge in [0.25, 0.3) is 0 Å². The van der Waals surface area contributed by atoms with Crippen molar-refractivity contribution in [1.29, 1.82) is 0 Å². The van der Waals surface area contributed by atoms with Crippen molar-refractivity contribution in [2.45, 2.75) is 13.0 Å². The van der Waals surface area contributed by atoms with Crippen LogP contribution in [0.1, 0.15) is 11.1 Å². The molecule has 2 aromatic rings. The molecule has 0 amide bonds. The number of hydrogen-bond donors (Lipinski definition) is 1. The molecule has 0 spiro atoms. The molecule has 100 valence electrons. The van der Waals surface area contributed by atoms with Gasteiger partial charge in [0.05, 0.1) is 5.02 Å². The molecule has 0 unspecified atom stereocenters. The molecule has 0 fully saturated rings. The summed E-state index contributed by atoms with van der Waals surface area (Å²) >= 11 is 5.85. The second kappa shape index (κ2) is 6.64. The maximum absolute atomic E-state index is 13.2. The summed E-state index contributed by atoms with van der Waals surface area (Å²) in [7, 11) is 0. The fourth-order valence-electron chi connectivity index (χ4n) is 1.79. The van der Waals surface area contributed by atoms with E-state index in [1.165, 1.54) is 18.2 Å². The number of hydrogen-bond acceptors (Lipinski definition) is 1. The molecule has 0 aliphatic rings. The zero-order valence-corrected chi connectivity index (χ0v) is 11.1. The molecular formula is C15H14ClF2N. The predicted octanol–water partition coefficient (Wildman–Crippen LogP) is 3.95. The largest absolute Gasteiger partial charge is 0.312 e. The average Bonchev–Trinajstić information content (AvgIpc) is 2.41. The van der Waals surface area contributed by atoms with Crippen LogP contribution in [0.25, 0.3) is 0 Å². The minimum atomic E-state index is -0.403. The Kier molecular flexibility index (Phi) is 4.88. The second-order valence-electron chi connectivity index (χ2n) is 4.27. The monoisotopic (exact) mass is 281 g/mol. The lowest BCUT2D eigenvalue weighted by atomic mass is 10.1. The predicted molar refractivity (Wildman–Crippen MR) is 73.2 cm³/mol. The van der Waals surface area contributed by atoms with Gasteiger partial charge in [-0.15, -0.1) is 0 Å². The fraction of sp³-hybridized carbons (Fsp3) is 0.200. The minimum Gasteiger partial charge on any atom is -0.312 e. The molecule has 0 bridgehead atoms. The Hall–Kier alpha value is -1.45. The van der Waals surface area contributed by atoms with E-state index in [0.717, 1.165) is 24.1 Å². The van der Waals surface area contributed by atoms with E-state index in [-0.39, 0.29) is 10.8 Å². The Balaban J connectivity index is 1.81. The van der Waals surface area contributed by atoms with Gasteiger partial charge in [0, 0.05) is 6.54 Å². The highest BCUT2D eigenvalue weighted by atomic mass is 35.5. The van der Waals surface area contributed by atoms with E-state index in [0.29, 0.717) is 6.54 Å². The summed E-state index contributed by atoms with van der Waals surface area (Å²) in [5, 5.41) is 3.35. The first-order chi connectivity index (χ1) is 9.16. The SMILES string of the molecule is Fc1ccc(CCNCc2cccc(F)c2Cl)cc1. The summed E-state index contributed by atoms with van der Waals surface area (Å²) in [4.78, 5) is 0. The molecule has 0 aliphatic heterocycles. The highest BCUT2D eigenvalue weighted by Crippen LogP contribution is 2.19. The summed E-state index contributed by atoms with van der Waals surface area (Å²) < 4.78 is 25.9. The summed E-state index contributed by atoms with van der Waals surface area (Å²) in [5.41, 5.74) is 1.79. The molecule has 0 saturated carbocycles. The molecule has 0 aliphatic carbocycles. The maximum Gasteiger partial charge on any atom is 0.142 e. The molecule has 0 aromatic heterocycles. The first kappa shape index (κ1) is 14.0. The Morgan fingerprint density at radius 1 is 1.00 bits per heavy atom. The lowest BCUT2D eigenvalue weighted by Crippen LogP contribution is -2.17. The molecule has 1 N–H and O–H groups in total. The third-order valence-electron chi connectivity index (χ3n) is 2.85. The van der Waals surface area contributed by atoms with E-state index in [4.69, 9.17) is 11.6 Å². The van der Waals surface area contributed by atoms with Crippen LogP contribution in [0.3, 0.4) is 0 Å². The van der Waals surface area contributed by atoms with Gasteiger partial charge in [-0.3, -0.25) is 0 Å². The van der Waals surface area contributed by atoms with Crippen LogP contribution in [-0.4, -0.2) is 6.54 Å². The fourth-order valence-corrected chi connectivity index (χ4v) is 1.98. The van der Waals surface area contributed by atoms with Gasteiger partial charge in [-0.1, -0.05) is 35.9 Å². The van der Waals surface area contributed by atoms with Gasteiger partial charge in [0.2, 0.25) is 0 Å².